The van der Waals surface area contributed by atoms with Crippen LogP contribution >= 0.6 is 0 Å². The van der Waals surface area contributed by atoms with Gasteiger partial charge in [0.2, 0.25) is 0 Å². The molecule has 0 saturated heterocycles. The van der Waals surface area contributed by atoms with Crippen LogP contribution in [0.2, 0.25) is 0 Å². The number of anilines is 4. The van der Waals surface area contributed by atoms with E-state index < -0.39 is 35.6 Å². The smallest absolute Gasteiger partial charge is 0.343 e. The third-order valence-electron chi connectivity index (χ3n) is 8.98. The Hall–Kier alpha value is -8.00. The molecule has 0 atom stereocenters. The topological polar surface area (TPSA) is 205 Å². The number of pyridine rings is 2. The van der Waals surface area contributed by atoms with Gasteiger partial charge in [0.25, 0.3) is 23.6 Å². The van der Waals surface area contributed by atoms with E-state index in [2.05, 4.69) is 9.97 Å². The normalized spacial score (nSPS) is 13.2. The van der Waals surface area contributed by atoms with Crippen LogP contribution < -0.4 is 30.7 Å². The molecule has 55 heavy (non-hydrogen) atoms. The zero-order valence-electron chi connectivity index (χ0n) is 28.5. The van der Waals surface area contributed by atoms with Crippen molar-refractivity contribution in [3.63, 3.8) is 0 Å². The van der Waals surface area contributed by atoms with Gasteiger partial charge in [0.15, 0.2) is 0 Å². The lowest BCUT2D eigenvalue weighted by atomic mass is 10.0. The fraction of sp³-hybridized carbons (Fsp3) is 0.0244. The Morgan fingerprint density at radius 2 is 0.873 bits per heavy atom. The molecule has 0 spiro atoms. The van der Waals surface area contributed by atoms with Crippen molar-refractivity contribution in [1.29, 1.82) is 0 Å². The molecule has 14 nitrogen and oxygen atoms in total. The van der Waals surface area contributed by atoms with Crippen molar-refractivity contribution in [2.24, 2.45) is 0 Å². The first-order chi connectivity index (χ1) is 26.5. The zero-order chi connectivity index (χ0) is 38.4. The SMILES string of the molecule is Nc1ccc(OC(=O)c2ccc3c(c2)C(=O)N(c2ccc(Cc4ccc(N5C(=O)c6ccc(C(=O)Oc7ccc(N)nc7)cc6C5=O)cc4)cc2)C3=O)cn1. The molecule has 4 N–H and O–H groups in total. The molecule has 0 radical (unpaired) electrons. The maximum absolute atomic E-state index is 13.4. The minimum Gasteiger partial charge on any atom is -0.421 e. The number of carbonyl (C=O) groups is 6. The highest BCUT2D eigenvalue weighted by Crippen LogP contribution is 2.32. The Morgan fingerprint density at radius 3 is 1.24 bits per heavy atom. The van der Waals surface area contributed by atoms with Crippen LogP contribution in [0.15, 0.2) is 122 Å². The number of carbonyl (C=O) groups excluding carboxylic acids is 6. The summed E-state index contributed by atoms with van der Waals surface area (Å²) in [7, 11) is 0. The molecular weight excluding hydrogens is 704 g/mol. The summed E-state index contributed by atoms with van der Waals surface area (Å²) in [6.07, 6.45) is 3.07. The molecule has 14 heteroatoms. The minimum atomic E-state index is -0.725. The number of aromatic nitrogens is 2. The summed E-state index contributed by atoms with van der Waals surface area (Å²) < 4.78 is 10.6. The van der Waals surface area contributed by atoms with Crippen LogP contribution in [0.1, 0.15) is 73.3 Å². The number of amides is 4. The molecule has 0 unspecified atom stereocenters. The number of esters is 2. The molecule has 8 rings (SSSR count). The second-order valence-corrected chi connectivity index (χ2v) is 12.5. The van der Waals surface area contributed by atoms with Gasteiger partial charge in [-0.2, -0.15) is 0 Å². The Kier molecular flexibility index (Phi) is 8.38. The number of nitrogens with two attached hydrogens (primary N) is 2. The van der Waals surface area contributed by atoms with Crippen molar-refractivity contribution in [2.75, 3.05) is 21.3 Å². The van der Waals surface area contributed by atoms with E-state index in [1.54, 1.807) is 48.5 Å². The summed E-state index contributed by atoms with van der Waals surface area (Å²) in [5, 5.41) is 0. The zero-order valence-corrected chi connectivity index (χ0v) is 28.5. The molecule has 2 aliphatic heterocycles. The molecule has 4 amide bonds. The summed E-state index contributed by atoms with van der Waals surface area (Å²) in [6.45, 7) is 0. The first kappa shape index (κ1) is 34.1. The Balaban J connectivity index is 0.918. The summed E-state index contributed by atoms with van der Waals surface area (Å²) in [5.74, 6) is -2.77. The van der Waals surface area contributed by atoms with E-state index in [4.69, 9.17) is 20.9 Å². The average Bonchev–Trinajstić information content (AvgIpc) is 3.60. The number of nitrogen functional groups attached to an aromatic ring is 2. The van der Waals surface area contributed by atoms with Gasteiger partial charge in [0, 0.05) is 0 Å². The third kappa shape index (κ3) is 6.40. The number of hydrogen-bond donors (Lipinski definition) is 2. The van der Waals surface area contributed by atoms with Crippen LogP contribution in [0.3, 0.4) is 0 Å². The molecule has 2 aliphatic rings. The molecule has 268 valence electrons. The first-order valence-electron chi connectivity index (χ1n) is 16.6. The van der Waals surface area contributed by atoms with Gasteiger partial charge in [-0.15, -0.1) is 0 Å². The number of hydrogen-bond acceptors (Lipinski definition) is 12. The molecule has 2 aromatic heterocycles. The van der Waals surface area contributed by atoms with E-state index in [-0.39, 0.29) is 56.5 Å². The van der Waals surface area contributed by atoms with Crippen LogP contribution in [-0.2, 0) is 6.42 Å². The summed E-state index contributed by atoms with van der Waals surface area (Å²) in [5.41, 5.74) is 14.2. The predicted octanol–water partition coefficient (Wildman–Crippen LogP) is 5.27. The van der Waals surface area contributed by atoms with Crippen molar-refractivity contribution < 1.29 is 38.2 Å². The maximum atomic E-state index is 13.4. The van der Waals surface area contributed by atoms with Gasteiger partial charge in [-0.05, 0) is 102 Å². The lowest BCUT2D eigenvalue weighted by molar-refractivity contribution is 0.0724. The lowest BCUT2D eigenvalue weighted by Gasteiger charge is -2.15. The van der Waals surface area contributed by atoms with Gasteiger partial charge < -0.3 is 20.9 Å². The summed E-state index contributed by atoms with van der Waals surface area (Å²) in [4.78, 5) is 88.6. The van der Waals surface area contributed by atoms with Crippen molar-refractivity contribution in [3.8, 4) is 11.5 Å². The van der Waals surface area contributed by atoms with Gasteiger partial charge in [0.1, 0.15) is 23.1 Å². The van der Waals surface area contributed by atoms with E-state index in [1.165, 1.54) is 73.1 Å². The summed E-state index contributed by atoms with van der Waals surface area (Å²) >= 11 is 0. The molecule has 0 aliphatic carbocycles. The quantitative estimate of drug-likeness (QED) is 0.152. The highest BCUT2D eigenvalue weighted by Gasteiger charge is 2.38. The van der Waals surface area contributed by atoms with Gasteiger partial charge in [-0.25, -0.2) is 29.4 Å². The molecule has 0 bridgehead atoms. The number of fused-ring (bicyclic) bond motifs is 2. The van der Waals surface area contributed by atoms with Crippen LogP contribution in [0, 0.1) is 0 Å². The van der Waals surface area contributed by atoms with E-state index in [0.717, 1.165) is 20.9 Å². The molecule has 6 aromatic rings. The van der Waals surface area contributed by atoms with E-state index in [0.29, 0.717) is 17.8 Å². The average molecular weight is 731 g/mol. The second-order valence-electron chi connectivity index (χ2n) is 12.5. The van der Waals surface area contributed by atoms with Crippen LogP contribution in [0.5, 0.6) is 11.5 Å². The van der Waals surface area contributed by atoms with Gasteiger partial charge >= 0.3 is 11.9 Å². The number of rotatable bonds is 8. The second kappa shape index (κ2) is 13.5. The highest BCUT2D eigenvalue weighted by atomic mass is 16.5. The molecule has 4 heterocycles. The van der Waals surface area contributed by atoms with Gasteiger partial charge in [-0.1, -0.05) is 24.3 Å². The standard InChI is InChI=1S/C41H26N6O8/c42-34-15-11-28(20-44-34)54-40(52)24-5-13-30-32(18-24)38(50)46(36(30)48)26-7-1-22(2-8-26)17-23-3-9-27(10-4-23)47-37(49)31-14-6-25(19-33(31)39(47)51)41(53)55-29-12-16-35(43)45-21-29/h1-16,18-21H,17H2,(H2,42,44)(H2,43,45). The molecule has 4 aromatic carbocycles. The van der Waals surface area contributed by atoms with Crippen molar-refractivity contribution in [1.82, 2.24) is 9.97 Å². The van der Waals surface area contributed by atoms with Crippen LogP contribution in [0.4, 0.5) is 23.0 Å². The molecular formula is C41H26N6O8. The number of benzene rings is 4. The molecule has 0 fully saturated rings. The Bertz CT molecular complexity index is 2410. The lowest BCUT2D eigenvalue weighted by Crippen LogP contribution is -2.29. The fourth-order valence-electron chi connectivity index (χ4n) is 6.20. The largest absolute Gasteiger partial charge is 0.421 e. The third-order valence-corrected chi connectivity index (χ3v) is 8.98. The first-order valence-corrected chi connectivity index (χ1v) is 16.6. The Morgan fingerprint density at radius 1 is 0.491 bits per heavy atom. The van der Waals surface area contributed by atoms with Crippen LogP contribution in [-0.4, -0.2) is 45.5 Å². The highest BCUT2D eigenvalue weighted by molar-refractivity contribution is 6.35. The van der Waals surface area contributed by atoms with Crippen molar-refractivity contribution in [3.05, 3.63) is 166 Å². The minimum absolute atomic E-state index is 0.0761. The monoisotopic (exact) mass is 730 g/mol. The van der Waals surface area contributed by atoms with Crippen LogP contribution in [0.25, 0.3) is 0 Å². The maximum Gasteiger partial charge on any atom is 0.343 e. The predicted molar refractivity (Wildman–Crippen MR) is 198 cm³/mol. The fourth-order valence-corrected chi connectivity index (χ4v) is 6.20. The van der Waals surface area contributed by atoms with Crippen molar-refractivity contribution >= 4 is 58.6 Å². The summed E-state index contributed by atoms with van der Waals surface area (Å²) in [6, 6.07) is 28.0. The Labute approximate surface area is 311 Å². The van der Waals surface area contributed by atoms with E-state index in [1.807, 2.05) is 0 Å². The number of imide groups is 2. The molecule has 0 saturated carbocycles. The van der Waals surface area contributed by atoms with E-state index >= 15 is 0 Å². The number of nitrogens with zero attached hydrogens (tertiary/aromatic N) is 4. The van der Waals surface area contributed by atoms with Gasteiger partial charge in [-0.3, -0.25) is 19.2 Å². The van der Waals surface area contributed by atoms with Gasteiger partial charge in [0.05, 0.1) is 57.1 Å². The van der Waals surface area contributed by atoms with E-state index in [9.17, 15) is 28.8 Å². The number of ether oxygens (including phenoxy) is 2. The van der Waals surface area contributed by atoms with Crippen molar-refractivity contribution in [2.45, 2.75) is 6.42 Å².